The molecule has 0 radical (unpaired) electrons. The van der Waals surface area contributed by atoms with Crippen molar-refractivity contribution in [3.63, 3.8) is 0 Å². The zero-order valence-electron chi connectivity index (χ0n) is 11.0. The Morgan fingerprint density at radius 1 is 1.22 bits per heavy atom. The molecule has 3 heteroatoms. The summed E-state index contributed by atoms with van der Waals surface area (Å²) in [5.41, 5.74) is 8.06. The number of aryl methyl sites for hydroxylation is 1. The summed E-state index contributed by atoms with van der Waals surface area (Å²) in [6.45, 7) is 3.78. The number of rotatable bonds is 9. The highest BCUT2D eigenvalue weighted by Crippen LogP contribution is 2.28. The Bertz CT molecular complexity index is 350. The second kappa shape index (κ2) is 7.39. The van der Waals surface area contributed by atoms with Gasteiger partial charge in [0, 0.05) is 18.8 Å². The first-order chi connectivity index (χ1) is 8.86. The molecule has 3 nitrogen and oxygen atoms in total. The Morgan fingerprint density at radius 2 is 2.06 bits per heavy atom. The van der Waals surface area contributed by atoms with Gasteiger partial charge in [-0.3, -0.25) is 0 Å². The maximum atomic E-state index is 5.89. The standard InChI is InChI=1S/C15H24N2O/c16-15-6-2-1-4-14(15)5-3-9-17-10-11-18-12-13-7-8-13/h1-2,4,6,13,17H,3,5,7-12,16H2. The van der Waals surface area contributed by atoms with E-state index < -0.39 is 0 Å². The summed E-state index contributed by atoms with van der Waals surface area (Å²) in [7, 11) is 0. The van der Waals surface area contributed by atoms with E-state index in [4.69, 9.17) is 10.5 Å². The molecule has 1 aliphatic rings. The lowest BCUT2D eigenvalue weighted by atomic mass is 10.1. The lowest BCUT2D eigenvalue weighted by molar-refractivity contribution is 0.126. The van der Waals surface area contributed by atoms with Crippen molar-refractivity contribution in [2.45, 2.75) is 25.7 Å². The second-order valence-corrected chi connectivity index (χ2v) is 5.07. The van der Waals surface area contributed by atoms with Gasteiger partial charge in [-0.25, -0.2) is 0 Å². The fourth-order valence-corrected chi connectivity index (χ4v) is 1.97. The molecule has 3 N–H and O–H groups in total. The quantitative estimate of drug-likeness (QED) is 0.520. The summed E-state index contributed by atoms with van der Waals surface area (Å²) in [6.07, 6.45) is 4.90. The molecule has 0 saturated heterocycles. The van der Waals surface area contributed by atoms with Crippen LogP contribution in [0.1, 0.15) is 24.8 Å². The summed E-state index contributed by atoms with van der Waals surface area (Å²) >= 11 is 0. The summed E-state index contributed by atoms with van der Waals surface area (Å²) in [6, 6.07) is 8.10. The van der Waals surface area contributed by atoms with Gasteiger partial charge in [-0.1, -0.05) is 18.2 Å². The van der Waals surface area contributed by atoms with E-state index in [1.165, 1.54) is 18.4 Å². The van der Waals surface area contributed by atoms with Crippen molar-refractivity contribution in [2.24, 2.45) is 5.92 Å². The van der Waals surface area contributed by atoms with Crippen LogP contribution in [-0.2, 0) is 11.2 Å². The average Bonchev–Trinajstić information content (AvgIpc) is 3.19. The van der Waals surface area contributed by atoms with Crippen LogP contribution >= 0.6 is 0 Å². The van der Waals surface area contributed by atoms with Crippen LogP contribution in [0.4, 0.5) is 5.69 Å². The molecule has 18 heavy (non-hydrogen) atoms. The first-order valence-electron chi connectivity index (χ1n) is 6.98. The average molecular weight is 248 g/mol. The molecule has 0 aromatic heterocycles. The fraction of sp³-hybridized carbons (Fsp3) is 0.600. The summed E-state index contributed by atoms with van der Waals surface area (Å²) in [5, 5.41) is 3.40. The Labute approximate surface area is 110 Å². The van der Waals surface area contributed by atoms with Crippen molar-refractivity contribution in [1.82, 2.24) is 5.32 Å². The van der Waals surface area contributed by atoms with Crippen molar-refractivity contribution >= 4 is 5.69 Å². The van der Waals surface area contributed by atoms with Crippen LogP contribution in [0.2, 0.25) is 0 Å². The van der Waals surface area contributed by atoms with Gasteiger partial charge in [0.1, 0.15) is 0 Å². The third kappa shape index (κ3) is 5.07. The lowest BCUT2D eigenvalue weighted by Gasteiger charge is -2.07. The van der Waals surface area contributed by atoms with E-state index in [1.54, 1.807) is 0 Å². The molecule has 0 unspecified atom stereocenters. The number of anilines is 1. The summed E-state index contributed by atoms with van der Waals surface area (Å²) < 4.78 is 5.56. The largest absolute Gasteiger partial charge is 0.399 e. The molecule has 1 fully saturated rings. The molecule has 1 saturated carbocycles. The molecular weight excluding hydrogens is 224 g/mol. The maximum absolute atomic E-state index is 5.89. The maximum Gasteiger partial charge on any atom is 0.0591 e. The van der Waals surface area contributed by atoms with Gasteiger partial charge in [0.25, 0.3) is 0 Å². The summed E-state index contributed by atoms with van der Waals surface area (Å²) in [5.74, 6) is 0.867. The summed E-state index contributed by atoms with van der Waals surface area (Å²) in [4.78, 5) is 0. The molecule has 0 atom stereocenters. The van der Waals surface area contributed by atoms with Crippen molar-refractivity contribution in [3.05, 3.63) is 29.8 Å². The number of benzene rings is 1. The van der Waals surface area contributed by atoms with Crippen molar-refractivity contribution < 1.29 is 4.74 Å². The first-order valence-corrected chi connectivity index (χ1v) is 6.98. The minimum absolute atomic E-state index is 0.837. The van der Waals surface area contributed by atoms with Crippen LogP contribution in [0.3, 0.4) is 0 Å². The normalized spacial score (nSPS) is 14.9. The van der Waals surface area contributed by atoms with E-state index in [-0.39, 0.29) is 0 Å². The van der Waals surface area contributed by atoms with E-state index in [0.29, 0.717) is 0 Å². The van der Waals surface area contributed by atoms with Gasteiger partial charge in [0.05, 0.1) is 6.61 Å². The van der Waals surface area contributed by atoms with Crippen molar-refractivity contribution in [3.8, 4) is 0 Å². The van der Waals surface area contributed by atoms with Crippen LogP contribution in [0.15, 0.2) is 24.3 Å². The number of hydrogen-bond donors (Lipinski definition) is 2. The number of nitrogen functional groups attached to an aromatic ring is 1. The van der Waals surface area contributed by atoms with E-state index in [2.05, 4.69) is 11.4 Å². The number of nitrogens with one attached hydrogen (secondary N) is 1. The molecule has 1 aromatic rings. The number of ether oxygens (including phenoxy) is 1. The molecule has 2 rings (SSSR count). The predicted molar refractivity (Wildman–Crippen MR) is 75.6 cm³/mol. The van der Waals surface area contributed by atoms with Crippen LogP contribution < -0.4 is 11.1 Å². The molecule has 0 spiro atoms. The highest BCUT2D eigenvalue weighted by Gasteiger charge is 2.20. The smallest absolute Gasteiger partial charge is 0.0591 e. The third-order valence-electron chi connectivity index (χ3n) is 3.33. The van der Waals surface area contributed by atoms with Crippen LogP contribution in [-0.4, -0.2) is 26.3 Å². The Kier molecular flexibility index (Phi) is 5.49. The molecule has 100 valence electrons. The zero-order valence-corrected chi connectivity index (χ0v) is 11.0. The van der Waals surface area contributed by atoms with Crippen LogP contribution in [0.25, 0.3) is 0 Å². The van der Waals surface area contributed by atoms with Crippen molar-refractivity contribution in [2.75, 3.05) is 32.0 Å². The van der Waals surface area contributed by atoms with Crippen molar-refractivity contribution in [1.29, 1.82) is 0 Å². The molecule has 0 aliphatic heterocycles. The topological polar surface area (TPSA) is 47.3 Å². The van der Waals surface area contributed by atoms with Crippen LogP contribution in [0, 0.1) is 5.92 Å². The van der Waals surface area contributed by atoms with E-state index >= 15 is 0 Å². The van der Waals surface area contributed by atoms with Gasteiger partial charge in [-0.15, -0.1) is 0 Å². The lowest BCUT2D eigenvalue weighted by Crippen LogP contribution is -2.21. The molecule has 0 amide bonds. The van der Waals surface area contributed by atoms with Gasteiger partial charge in [0.15, 0.2) is 0 Å². The van der Waals surface area contributed by atoms with Gasteiger partial charge in [-0.2, -0.15) is 0 Å². The predicted octanol–water partition coefficient (Wildman–Crippen LogP) is 2.22. The Hall–Kier alpha value is -1.06. The minimum Gasteiger partial charge on any atom is -0.399 e. The van der Waals surface area contributed by atoms with E-state index in [1.807, 2.05) is 18.2 Å². The number of nitrogens with two attached hydrogens (primary N) is 1. The monoisotopic (exact) mass is 248 g/mol. The molecule has 0 bridgehead atoms. The molecule has 0 heterocycles. The Morgan fingerprint density at radius 3 is 2.83 bits per heavy atom. The first kappa shape index (κ1) is 13.4. The van der Waals surface area contributed by atoms with E-state index in [0.717, 1.165) is 50.8 Å². The fourth-order valence-electron chi connectivity index (χ4n) is 1.97. The highest BCUT2D eigenvalue weighted by molar-refractivity contribution is 5.46. The number of hydrogen-bond acceptors (Lipinski definition) is 3. The highest BCUT2D eigenvalue weighted by atomic mass is 16.5. The Balaban J connectivity index is 1.44. The minimum atomic E-state index is 0.837. The molecule has 1 aromatic carbocycles. The molecule has 1 aliphatic carbocycles. The zero-order chi connectivity index (χ0) is 12.6. The SMILES string of the molecule is Nc1ccccc1CCCNCCOCC1CC1. The molecular formula is C15H24N2O. The van der Waals surface area contributed by atoms with Gasteiger partial charge < -0.3 is 15.8 Å². The van der Waals surface area contributed by atoms with Gasteiger partial charge in [0.2, 0.25) is 0 Å². The second-order valence-electron chi connectivity index (χ2n) is 5.07. The third-order valence-corrected chi connectivity index (χ3v) is 3.33. The van der Waals surface area contributed by atoms with Gasteiger partial charge >= 0.3 is 0 Å². The number of para-hydroxylation sites is 1. The van der Waals surface area contributed by atoms with E-state index in [9.17, 15) is 0 Å². The van der Waals surface area contributed by atoms with Gasteiger partial charge in [-0.05, 0) is 49.8 Å². The van der Waals surface area contributed by atoms with Crippen LogP contribution in [0.5, 0.6) is 0 Å².